The SMILES string of the molecule is COc1cccc(CN(C)[C@@H](C)C(=O)Nc2ccccc2[N+](=O)[O-])c1OC. The summed E-state index contributed by atoms with van der Waals surface area (Å²) >= 11 is 0. The van der Waals surface area contributed by atoms with Crippen LogP contribution in [0.5, 0.6) is 11.5 Å². The van der Waals surface area contributed by atoms with Gasteiger partial charge in [0.05, 0.1) is 25.2 Å². The van der Waals surface area contributed by atoms with Gasteiger partial charge in [-0.25, -0.2) is 0 Å². The minimum atomic E-state index is -0.527. The number of anilines is 1. The average molecular weight is 373 g/mol. The molecule has 0 aliphatic rings. The Morgan fingerprint density at radius 3 is 2.52 bits per heavy atom. The van der Waals surface area contributed by atoms with Crippen molar-refractivity contribution in [2.24, 2.45) is 0 Å². The van der Waals surface area contributed by atoms with Crippen LogP contribution in [0.3, 0.4) is 0 Å². The molecule has 1 atom stereocenters. The van der Waals surface area contributed by atoms with Crippen LogP contribution in [-0.2, 0) is 11.3 Å². The van der Waals surface area contributed by atoms with Crippen LogP contribution < -0.4 is 14.8 Å². The molecule has 0 radical (unpaired) electrons. The molecule has 0 saturated heterocycles. The number of amides is 1. The molecule has 0 heterocycles. The van der Waals surface area contributed by atoms with Crippen molar-refractivity contribution < 1.29 is 19.2 Å². The van der Waals surface area contributed by atoms with Crippen molar-refractivity contribution in [3.05, 3.63) is 58.1 Å². The van der Waals surface area contributed by atoms with Gasteiger partial charge in [-0.2, -0.15) is 0 Å². The Hall–Kier alpha value is -3.13. The van der Waals surface area contributed by atoms with Crippen LogP contribution in [-0.4, -0.2) is 43.0 Å². The molecule has 1 N–H and O–H groups in total. The summed E-state index contributed by atoms with van der Waals surface area (Å²) in [5.41, 5.74) is 0.895. The van der Waals surface area contributed by atoms with Gasteiger partial charge in [-0.1, -0.05) is 24.3 Å². The fourth-order valence-electron chi connectivity index (χ4n) is 2.66. The molecule has 144 valence electrons. The minimum absolute atomic E-state index is 0.143. The van der Waals surface area contributed by atoms with Crippen LogP contribution in [0, 0.1) is 10.1 Å². The summed E-state index contributed by atoms with van der Waals surface area (Å²) in [4.78, 5) is 25.0. The Bertz CT molecular complexity index is 825. The van der Waals surface area contributed by atoms with Crippen molar-refractivity contribution in [3.8, 4) is 11.5 Å². The number of rotatable bonds is 8. The van der Waals surface area contributed by atoms with Gasteiger partial charge in [0, 0.05) is 18.2 Å². The number of benzene rings is 2. The normalized spacial score (nSPS) is 11.7. The zero-order valence-electron chi connectivity index (χ0n) is 15.8. The number of nitro benzene ring substituents is 1. The van der Waals surface area contributed by atoms with Crippen molar-refractivity contribution >= 4 is 17.3 Å². The molecule has 0 fully saturated rings. The van der Waals surface area contributed by atoms with Crippen LogP contribution in [0.2, 0.25) is 0 Å². The zero-order chi connectivity index (χ0) is 20.0. The van der Waals surface area contributed by atoms with Crippen LogP contribution >= 0.6 is 0 Å². The highest BCUT2D eigenvalue weighted by Gasteiger charge is 2.23. The van der Waals surface area contributed by atoms with E-state index in [-0.39, 0.29) is 17.3 Å². The first-order valence-electron chi connectivity index (χ1n) is 8.33. The van der Waals surface area contributed by atoms with E-state index in [4.69, 9.17) is 9.47 Å². The van der Waals surface area contributed by atoms with Gasteiger partial charge in [0.1, 0.15) is 5.69 Å². The number of ether oxygens (including phenoxy) is 2. The van der Waals surface area contributed by atoms with E-state index in [0.29, 0.717) is 18.0 Å². The van der Waals surface area contributed by atoms with E-state index in [2.05, 4.69) is 5.32 Å². The molecule has 1 amide bonds. The summed E-state index contributed by atoms with van der Waals surface area (Å²) in [7, 11) is 4.92. The fraction of sp³-hybridized carbons (Fsp3) is 0.316. The molecule has 0 aliphatic carbocycles. The van der Waals surface area contributed by atoms with Crippen LogP contribution in [0.25, 0.3) is 0 Å². The maximum absolute atomic E-state index is 12.6. The summed E-state index contributed by atoms with van der Waals surface area (Å²) < 4.78 is 10.7. The summed E-state index contributed by atoms with van der Waals surface area (Å²) in [5, 5.41) is 13.7. The second-order valence-corrected chi connectivity index (χ2v) is 6.01. The molecule has 27 heavy (non-hydrogen) atoms. The first-order valence-corrected chi connectivity index (χ1v) is 8.33. The lowest BCUT2D eigenvalue weighted by atomic mass is 10.1. The monoisotopic (exact) mass is 373 g/mol. The smallest absolute Gasteiger partial charge is 0.292 e. The predicted molar refractivity (Wildman–Crippen MR) is 102 cm³/mol. The lowest BCUT2D eigenvalue weighted by Gasteiger charge is -2.25. The van der Waals surface area contributed by atoms with E-state index in [0.717, 1.165) is 5.56 Å². The number of nitrogens with zero attached hydrogens (tertiary/aromatic N) is 2. The Kier molecular flexibility index (Phi) is 6.73. The number of methoxy groups -OCH3 is 2. The maximum Gasteiger partial charge on any atom is 0.292 e. The third-order valence-electron chi connectivity index (χ3n) is 4.30. The number of nitro groups is 1. The standard InChI is InChI=1S/C19H23N3O5/c1-13(19(23)20-15-9-5-6-10-16(15)22(24)25)21(2)12-14-8-7-11-17(26-3)18(14)27-4/h5-11,13H,12H2,1-4H3,(H,20,23)/t13-/m0/s1. The van der Waals surface area contributed by atoms with E-state index in [9.17, 15) is 14.9 Å². The molecule has 0 unspecified atom stereocenters. The fourth-order valence-corrected chi connectivity index (χ4v) is 2.66. The molecular formula is C19H23N3O5. The maximum atomic E-state index is 12.6. The molecule has 0 aromatic heterocycles. The van der Waals surface area contributed by atoms with E-state index in [1.807, 2.05) is 17.0 Å². The third-order valence-corrected chi connectivity index (χ3v) is 4.30. The third kappa shape index (κ3) is 4.73. The molecule has 8 heteroatoms. The lowest BCUT2D eigenvalue weighted by molar-refractivity contribution is -0.383. The van der Waals surface area contributed by atoms with Gasteiger partial charge in [-0.3, -0.25) is 19.8 Å². The number of carbonyl (C=O) groups is 1. The van der Waals surface area contributed by atoms with Crippen molar-refractivity contribution in [1.82, 2.24) is 4.90 Å². The first kappa shape index (κ1) is 20.2. The second kappa shape index (κ2) is 9.00. The van der Waals surface area contributed by atoms with E-state index < -0.39 is 11.0 Å². The van der Waals surface area contributed by atoms with Gasteiger partial charge >= 0.3 is 0 Å². The van der Waals surface area contributed by atoms with Crippen molar-refractivity contribution in [2.45, 2.75) is 19.5 Å². The Balaban J connectivity index is 2.13. The van der Waals surface area contributed by atoms with Crippen molar-refractivity contribution in [3.63, 3.8) is 0 Å². The molecular weight excluding hydrogens is 350 g/mol. The summed E-state index contributed by atoms with van der Waals surface area (Å²) in [5.74, 6) is 0.882. The number of likely N-dealkylation sites (N-methyl/N-ethyl adjacent to an activating group) is 1. The highest BCUT2D eigenvalue weighted by atomic mass is 16.6. The number of carbonyl (C=O) groups excluding carboxylic acids is 1. The summed E-state index contributed by atoms with van der Waals surface area (Å²) in [6.07, 6.45) is 0. The van der Waals surface area contributed by atoms with Gasteiger partial charge in [0.15, 0.2) is 11.5 Å². The van der Waals surface area contributed by atoms with Crippen LogP contribution in [0.15, 0.2) is 42.5 Å². The molecule has 0 spiro atoms. The number of hydrogen-bond donors (Lipinski definition) is 1. The highest BCUT2D eigenvalue weighted by Crippen LogP contribution is 2.31. The van der Waals surface area contributed by atoms with Crippen LogP contribution in [0.4, 0.5) is 11.4 Å². The highest BCUT2D eigenvalue weighted by molar-refractivity contribution is 5.96. The Labute approximate surface area is 157 Å². The number of hydrogen-bond acceptors (Lipinski definition) is 6. The summed E-state index contributed by atoms with van der Waals surface area (Å²) in [6, 6.07) is 11.1. The Morgan fingerprint density at radius 2 is 1.89 bits per heavy atom. The molecule has 2 aromatic rings. The number of para-hydroxylation sites is 3. The lowest BCUT2D eigenvalue weighted by Crippen LogP contribution is -2.39. The molecule has 0 bridgehead atoms. The molecule has 2 rings (SSSR count). The molecule has 2 aromatic carbocycles. The van der Waals surface area contributed by atoms with E-state index in [1.54, 1.807) is 46.4 Å². The van der Waals surface area contributed by atoms with E-state index >= 15 is 0 Å². The predicted octanol–water partition coefficient (Wildman–Crippen LogP) is 3.07. The summed E-state index contributed by atoms with van der Waals surface area (Å²) in [6.45, 7) is 2.17. The number of nitrogens with one attached hydrogen (secondary N) is 1. The topological polar surface area (TPSA) is 93.9 Å². The minimum Gasteiger partial charge on any atom is -0.493 e. The zero-order valence-corrected chi connectivity index (χ0v) is 15.8. The first-order chi connectivity index (χ1) is 12.9. The second-order valence-electron chi connectivity index (χ2n) is 6.01. The van der Waals surface area contributed by atoms with Gasteiger partial charge < -0.3 is 14.8 Å². The molecule has 0 aliphatic heterocycles. The van der Waals surface area contributed by atoms with E-state index in [1.165, 1.54) is 12.1 Å². The van der Waals surface area contributed by atoms with Crippen molar-refractivity contribution in [1.29, 1.82) is 0 Å². The largest absolute Gasteiger partial charge is 0.493 e. The quantitative estimate of drug-likeness (QED) is 0.564. The van der Waals surface area contributed by atoms with Gasteiger partial charge in [0.25, 0.3) is 5.69 Å². The van der Waals surface area contributed by atoms with Gasteiger partial charge in [-0.05, 0) is 26.1 Å². The van der Waals surface area contributed by atoms with Crippen molar-refractivity contribution in [2.75, 3.05) is 26.6 Å². The average Bonchev–Trinajstić information content (AvgIpc) is 2.67. The van der Waals surface area contributed by atoms with Crippen LogP contribution in [0.1, 0.15) is 12.5 Å². The van der Waals surface area contributed by atoms with Gasteiger partial charge in [-0.15, -0.1) is 0 Å². The molecule has 0 saturated carbocycles. The van der Waals surface area contributed by atoms with Gasteiger partial charge in [0.2, 0.25) is 5.91 Å². The molecule has 8 nitrogen and oxygen atoms in total. The Morgan fingerprint density at radius 1 is 1.19 bits per heavy atom.